The molecule has 0 saturated heterocycles. The molecule has 0 radical (unpaired) electrons. The molecule has 0 heterocycles. The molecular formula is C13H30O4Si. The molecule has 110 valence electrons. The minimum Gasteiger partial charge on any atom is -0.413 e. The zero-order valence-corrected chi connectivity index (χ0v) is 14.0. The number of rotatable bonds is 10. The number of hydrogen-bond acceptors (Lipinski definition) is 4. The van der Waals surface area contributed by atoms with E-state index < -0.39 is 8.32 Å². The highest BCUT2D eigenvalue weighted by atomic mass is 28.4. The Morgan fingerprint density at radius 2 is 1.22 bits per heavy atom. The van der Waals surface area contributed by atoms with E-state index >= 15 is 0 Å². The molecule has 5 heteroatoms. The average Bonchev–Trinajstić information content (AvgIpc) is 2.21. The lowest BCUT2D eigenvalue weighted by molar-refractivity contribution is -0.0638. The van der Waals surface area contributed by atoms with Crippen LogP contribution in [-0.4, -0.2) is 53.6 Å². The fourth-order valence-corrected chi connectivity index (χ4v) is 2.84. The molecule has 0 aromatic rings. The summed E-state index contributed by atoms with van der Waals surface area (Å²) in [6, 6.07) is 0. The van der Waals surface area contributed by atoms with E-state index in [2.05, 4.69) is 26.6 Å². The van der Waals surface area contributed by atoms with Crippen LogP contribution in [-0.2, 0) is 18.6 Å². The van der Waals surface area contributed by atoms with Crippen molar-refractivity contribution in [2.45, 2.75) is 58.7 Å². The standard InChI is InChI=1S/C13H30O4Si/c1-11(8-14-4)15-9-12(2)16-10-13(3)17-18(5,6)7/h11-13H,8-10H2,1-7H3. The van der Waals surface area contributed by atoms with Crippen LogP contribution >= 0.6 is 0 Å². The summed E-state index contributed by atoms with van der Waals surface area (Å²) >= 11 is 0. The van der Waals surface area contributed by atoms with Gasteiger partial charge in [0.25, 0.3) is 0 Å². The van der Waals surface area contributed by atoms with Crippen LogP contribution < -0.4 is 0 Å². The van der Waals surface area contributed by atoms with E-state index in [0.29, 0.717) is 19.8 Å². The van der Waals surface area contributed by atoms with Gasteiger partial charge in [0, 0.05) is 7.11 Å². The summed E-state index contributed by atoms with van der Waals surface area (Å²) in [6.45, 7) is 14.4. The predicted molar refractivity (Wildman–Crippen MR) is 76.6 cm³/mol. The number of ether oxygens (including phenoxy) is 3. The molecule has 0 aliphatic carbocycles. The summed E-state index contributed by atoms with van der Waals surface area (Å²) in [5.74, 6) is 0. The van der Waals surface area contributed by atoms with Gasteiger partial charge in [0.1, 0.15) is 0 Å². The first kappa shape index (κ1) is 18.1. The van der Waals surface area contributed by atoms with Crippen LogP contribution in [0, 0.1) is 0 Å². The summed E-state index contributed by atoms with van der Waals surface area (Å²) in [5, 5.41) is 0. The highest BCUT2D eigenvalue weighted by Gasteiger charge is 2.18. The van der Waals surface area contributed by atoms with Gasteiger partial charge in [-0.3, -0.25) is 0 Å². The molecule has 0 fully saturated rings. The topological polar surface area (TPSA) is 36.9 Å². The maximum absolute atomic E-state index is 5.91. The molecular weight excluding hydrogens is 248 g/mol. The van der Waals surface area contributed by atoms with E-state index in [1.54, 1.807) is 7.11 Å². The van der Waals surface area contributed by atoms with Crippen molar-refractivity contribution in [1.82, 2.24) is 0 Å². The molecule has 0 bridgehead atoms. The second-order valence-corrected chi connectivity index (χ2v) is 10.2. The molecule has 0 amide bonds. The fourth-order valence-electron chi connectivity index (χ4n) is 1.57. The quantitative estimate of drug-likeness (QED) is 0.576. The molecule has 0 aliphatic rings. The number of methoxy groups -OCH3 is 1. The molecule has 0 aromatic carbocycles. The van der Waals surface area contributed by atoms with Gasteiger partial charge in [-0.15, -0.1) is 0 Å². The van der Waals surface area contributed by atoms with Gasteiger partial charge in [0.05, 0.1) is 38.1 Å². The SMILES string of the molecule is COCC(C)OCC(C)OCC(C)O[Si](C)(C)C. The van der Waals surface area contributed by atoms with Crippen LogP contribution in [0.5, 0.6) is 0 Å². The minimum absolute atomic E-state index is 0.0805. The molecule has 18 heavy (non-hydrogen) atoms. The Kier molecular flexibility index (Phi) is 9.07. The molecule has 4 nitrogen and oxygen atoms in total. The van der Waals surface area contributed by atoms with Crippen molar-refractivity contribution in [3.63, 3.8) is 0 Å². The van der Waals surface area contributed by atoms with E-state index in [4.69, 9.17) is 18.6 Å². The largest absolute Gasteiger partial charge is 0.413 e. The first-order valence-electron chi connectivity index (χ1n) is 6.64. The third kappa shape index (κ3) is 11.2. The molecule has 0 rings (SSSR count). The summed E-state index contributed by atoms with van der Waals surface area (Å²) in [7, 11) is 0.209. The normalized spacial score (nSPS) is 17.5. The maximum atomic E-state index is 5.91. The van der Waals surface area contributed by atoms with E-state index in [1.807, 2.05) is 13.8 Å². The Hall–Kier alpha value is 0.0569. The Labute approximate surface area is 113 Å². The number of hydrogen-bond donors (Lipinski definition) is 0. The monoisotopic (exact) mass is 278 g/mol. The van der Waals surface area contributed by atoms with Gasteiger partial charge in [-0.1, -0.05) is 0 Å². The highest BCUT2D eigenvalue weighted by molar-refractivity contribution is 6.69. The van der Waals surface area contributed by atoms with Crippen LogP contribution in [0.15, 0.2) is 0 Å². The smallest absolute Gasteiger partial charge is 0.184 e. The Morgan fingerprint density at radius 1 is 0.778 bits per heavy atom. The van der Waals surface area contributed by atoms with Crippen LogP contribution in [0.1, 0.15) is 20.8 Å². The predicted octanol–water partition coefficient (Wildman–Crippen LogP) is 2.68. The lowest BCUT2D eigenvalue weighted by atomic mass is 10.4. The lowest BCUT2D eigenvalue weighted by Gasteiger charge is -2.25. The van der Waals surface area contributed by atoms with Crippen molar-refractivity contribution >= 4 is 8.32 Å². The van der Waals surface area contributed by atoms with Crippen molar-refractivity contribution in [3.05, 3.63) is 0 Å². The van der Waals surface area contributed by atoms with Gasteiger partial charge < -0.3 is 18.6 Å². The first-order valence-corrected chi connectivity index (χ1v) is 10.1. The van der Waals surface area contributed by atoms with Gasteiger partial charge in [0.2, 0.25) is 0 Å². The van der Waals surface area contributed by atoms with Crippen molar-refractivity contribution in [2.75, 3.05) is 26.9 Å². The first-order chi connectivity index (χ1) is 8.24. The highest BCUT2D eigenvalue weighted by Crippen LogP contribution is 2.08. The molecule has 0 aliphatic heterocycles. The van der Waals surface area contributed by atoms with E-state index in [1.165, 1.54) is 0 Å². The van der Waals surface area contributed by atoms with E-state index in [9.17, 15) is 0 Å². The molecule has 0 N–H and O–H groups in total. The molecule has 0 spiro atoms. The summed E-state index contributed by atoms with van der Waals surface area (Å²) < 4.78 is 22.2. The molecule has 0 aromatic heterocycles. The Balaban J connectivity index is 3.66. The zero-order valence-electron chi connectivity index (χ0n) is 13.0. The van der Waals surface area contributed by atoms with Crippen LogP contribution in [0.25, 0.3) is 0 Å². The zero-order chi connectivity index (χ0) is 14.2. The second-order valence-electron chi connectivity index (χ2n) is 5.78. The Morgan fingerprint density at radius 3 is 1.67 bits per heavy atom. The van der Waals surface area contributed by atoms with Crippen molar-refractivity contribution in [1.29, 1.82) is 0 Å². The molecule has 3 unspecified atom stereocenters. The van der Waals surface area contributed by atoms with E-state index in [-0.39, 0.29) is 18.3 Å². The van der Waals surface area contributed by atoms with Crippen molar-refractivity contribution in [2.24, 2.45) is 0 Å². The van der Waals surface area contributed by atoms with Gasteiger partial charge >= 0.3 is 0 Å². The maximum Gasteiger partial charge on any atom is 0.184 e. The summed E-state index contributed by atoms with van der Waals surface area (Å²) in [5.41, 5.74) is 0. The van der Waals surface area contributed by atoms with Crippen molar-refractivity contribution in [3.8, 4) is 0 Å². The molecule has 0 saturated carbocycles. The fraction of sp³-hybridized carbons (Fsp3) is 1.00. The van der Waals surface area contributed by atoms with Crippen LogP contribution in [0.4, 0.5) is 0 Å². The van der Waals surface area contributed by atoms with Gasteiger partial charge in [-0.05, 0) is 40.4 Å². The minimum atomic E-state index is -1.47. The molecule has 3 atom stereocenters. The lowest BCUT2D eigenvalue weighted by Crippen LogP contribution is -2.34. The van der Waals surface area contributed by atoms with Gasteiger partial charge in [-0.25, -0.2) is 0 Å². The second kappa shape index (κ2) is 9.04. The average molecular weight is 278 g/mol. The third-order valence-corrected chi connectivity index (χ3v) is 3.30. The van der Waals surface area contributed by atoms with Crippen LogP contribution in [0.3, 0.4) is 0 Å². The van der Waals surface area contributed by atoms with E-state index in [0.717, 1.165) is 0 Å². The summed E-state index contributed by atoms with van der Waals surface area (Å²) in [6.07, 6.45) is 0.337. The van der Waals surface area contributed by atoms with Gasteiger partial charge in [-0.2, -0.15) is 0 Å². The van der Waals surface area contributed by atoms with Gasteiger partial charge in [0.15, 0.2) is 8.32 Å². The third-order valence-electron chi connectivity index (χ3n) is 2.19. The Bertz CT molecular complexity index is 206. The summed E-state index contributed by atoms with van der Waals surface area (Å²) in [4.78, 5) is 0. The van der Waals surface area contributed by atoms with Crippen molar-refractivity contribution < 1.29 is 18.6 Å². The van der Waals surface area contributed by atoms with Crippen LogP contribution in [0.2, 0.25) is 19.6 Å².